The summed E-state index contributed by atoms with van der Waals surface area (Å²) >= 11 is 0. The number of hydrogen-bond donors (Lipinski definition) is 3. The van der Waals surface area contributed by atoms with Gasteiger partial charge in [0.25, 0.3) is 0 Å². The summed E-state index contributed by atoms with van der Waals surface area (Å²) in [5.41, 5.74) is 5.48. The number of nitrogens with two attached hydrogens (primary N) is 1. The summed E-state index contributed by atoms with van der Waals surface area (Å²) in [7, 11) is 0. The Kier molecular flexibility index (Phi) is 7.28. The maximum atomic E-state index is 11.5. The maximum absolute atomic E-state index is 11.5. The minimum Gasteiger partial charge on any atom is -0.409 e. The molecule has 16 heavy (non-hydrogen) atoms. The molecule has 0 heterocycles. The number of ether oxygens (including phenoxy) is 1. The van der Waals surface area contributed by atoms with Crippen LogP contribution in [0.1, 0.15) is 27.2 Å². The van der Waals surface area contributed by atoms with Gasteiger partial charge in [0.1, 0.15) is 0 Å². The fourth-order valence-corrected chi connectivity index (χ4v) is 1.20. The van der Waals surface area contributed by atoms with Gasteiger partial charge in [0, 0.05) is 13.0 Å². The zero-order valence-electron chi connectivity index (χ0n) is 10.1. The Bertz CT molecular complexity index is 241. The van der Waals surface area contributed by atoms with E-state index in [9.17, 15) is 4.79 Å². The average molecular weight is 231 g/mol. The number of carbonyl (C=O) groups is 1. The molecule has 4 N–H and O–H groups in total. The van der Waals surface area contributed by atoms with Crippen LogP contribution < -0.4 is 11.1 Å². The van der Waals surface area contributed by atoms with Gasteiger partial charge in [-0.3, -0.25) is 4.79 Å². The van der Waals surface area contributed by atoms with Crippen LogP contribution in [-0.4, -0.2) is 36.2 Å². The van der Waals surface area contributed by atoms with E-state index in [0.29, 0.717) is 13.2 Å². The highest BCUT2D eigenvalue weighted by molar-refractivity contribution is 5.90. The molecule has 0 aliphatic rings. The molecule has 0 aromatic heterocycles. The Hall–Kier alpha value is -1.30. The molecular weight excluding hydrogens is 210 g/mol. The Morgan fingerprint density at radius 3 is 2.62 bits per heavy atom. The van der Waals surface area contributed by atoms with Crippen molar-refractivity contribution in [2.45, 2.75) is 33.2 Å². The molecule has 1 atom stereocenters. The van der Waals surface area contributed by atoms with E-state index in [-0.39, 0.29) is 24.1 Å². The molecule has 0 rings (SSSR count). The Labute approximate surface area is 95.8 Å². The van der Waals surface area contributed by atoms with E-state index in [4.69, 9.17) is 15.7 Å². The van der Waals surface area contributed by atoms with Crippen LogP contribution in [0.25, 0.3) is 0 Å². The van der Waals surface area contributed by atoms with Crippen LogP contribution in [-0.2, 0) is 9.53 Å². The summed E-state index contributed by atoms with van der Waals surface area (Å²) in [6, 6.07) is -0.445. The van der Waals surface area contributed by atoms with Gasteiger partial charge in [-0.25, -0.2) is 0 Å². The van der Waals surface area contributed by atoms with E-state index in [0.717, 1.165) is 0 Å². The van der Waals surface area contributed by atoms with E-state index in [1.165, 1.54) is 0 Å². The average Bonchev–Trinajstić information content (AvgIpc) is 2.25. The number of carbonyl (C=O) groups excluding carboxylic acids is 1. The third-order valence-corrected chi connectivity index (χ3v) is 2.09. The molecule has 1 unspecified atom stereocenters. The highest BCUT2D eigenvalue weighted by atomic mass is 16.5. The molecule has 6 heteroatoms. The maximum Gasteiger partial charge on any atom is 0.222 e. The number of amidine groups is 1. The van der Waals surface area contributed by atoms with Gasteiger partial charge < -0.3 is 21.0 Å². The van der Waals surface area contributed by atoms with E-state index >= 15 is 0 Å². The summed E-state index contributed by atoms with van der Waals surface area (Å²) < 4.78 is 5.06. The van der Waals surface area contributed by atoms with Crippen molar-refractivity contribution in [3.8, 4) is 0 Å². The van der Waals surface area contributed by atoms with Crippen LogP contribution in [0.4, 0.5) is 0 Å². The van der Waals surface area contributed by atoms with E-state index in [1.54, 1.807) is 0 Å². The summed E-state index contributed by atoms with van der Waals surface area (Å²) in [6.07, 6.45) is 0.274. The fraction of sp³-hybridized carbons (Fsp3) is 0.800. The van der Waals surface area contributed by atoms with Gasteiger partial charge in [0.05, 0.1) is 12.6 Å². The molecule has 0 aromatic carbocycles. The molecule has 0 aliphatic carbocycles. The van der Waals surface area contributed by atoms with Crippen LogP contribution in [0.5, 0.6) is 0 Å². The minimum atomic E-state index is -0.445. The number of amides is 1. The zero-order valence-corrected chi connectivity index (χ0v) is 10.1. The molecule has 0 aromatic rings. The van der Waals surface area contributed by atoms with Crippen LogP contribution >= 0.6 is 0 Å². The van der Waals surface area contributed by atoms with E-state index in [2.05, 4.69) is 10.5 Å². The molecule has 0 saturated carbocycles. The molecule has 0 aliphatic heterocycles. The highest BCUT2D eigenvalue weighted by Crippen LogP contribution is 2.02. The van der Waals surface area contributed by atoms with Gasteiger partial charge in [-0.05, 0) is 12.8 Å². The topological polar surface area (TPSA) is 96.9 Å². The lowest BCUT2D eigenvalue weighted by Gasteiger charge is -2.20. The predicted octanol–water partition coefficient (Wildman–Crippen LogP) is 0.300. The fourth-order valence-electron chi connectivity index (χ4n) is 1.20. The largest absolute Gasteiger partial charge is 0.409 e. The first-order chi connectivity index (χ1) is 7.52. The standard InChI is InChI=1S/C10H21N3O3/c1-4-16-6-5-8(14)12-9(7(2)3)10(11)13-15/h7,9,15H,4-6H2,1-3H3,(H2,11,13)(H,12,14). The zero-order chi connectivity index (χ0) is 12.6. The molecule has 94 valence electrons. The first-order valence-corrected chi connectivity index (χ1v) is 5.37. The number of nitrogens with one attached hydrogen (secondary N) is 1. The predicted molar refractivity (Wildman–Crippen MR) is 61.3 cm³/mol. The second kappa shape index (κ2) is 7.92. The van der Waals surface area contributed by atoms with Crippen molar-refractivity contribution in [2.24, 2.45) is 16.8 Å². The van der Waals surface area contributed by atoms with Crippen LogP contribution in [0.15, 0.2) is 5.16 Å². The quantitative estimate of drug-likeness (QED) is 0.193. The molecule has 0 saturated heterocycles. The molecule has 0 fully saturated rings. The van der Waals surface area contributed by atoms with Crippen LogP contribution in [0.2, 0.25) is 0 Å². The third kappa shape index (κ3) is 5.55. The Balaban J connectivity index is 4.14. The Morgan fingerprint density at radius 1 is 1.56 bits per heavy atom. The molecule has 0 spiro atoms. The summed E-state index contributed by atoms with van der Waals surface area (Å²) in [4.78, 5) is 11.5. The lowest BCUT2D eigenvalue weighted by molar-refractivity contribution is -0.122. The lowest BCUT2D eigenvalue weighted by atomic mass is 10.0. The molecular formula is C10H21N3O3. The van der Waals surface area contributed by atoms with Crippen molar-refractivity contribution in [1.29, 1.82) is 0 Å². The number of oxime groups is 1. The third-order valence-electron chi connectivity index (χ3n) is 2.09. The summed E-state index contributed by atoms with van der Waals surface area (Å²) in [5.74, 6) is -0.0922. The van der Waals surface area contributed by atoms with Crippen LogP contribution in [0.3, 0.4) is 0 Å². The van der Waals surface area contributed by atoms with Gasteiger partial charge in [-0.1, -0.05) is 19.0 Å². The monoisotopic (exact) mass is 231 g/mol. The second-order valence-corrected chi connectivity index (χ2v) is 3.76. The van der Waals surface area contributed by atoms with E-state index < -0.39 is 6.04 Å². The number of nitrogens with zero attached hydrogens (tertiary/aromatic N) is 1. The first kappa shape index (κ1) is 14.7. The molecule has 0 radical (unpaired) electrons. The minimum absolute atomic E-state index is 0.0137. The molecule has 0 bridgehead atoms. The van der Waals surface area contributed by atoms with Crippen molar-refractivity contribution in [2.75, 3.05) is 13.2 Å². The summed E-state index contributed by atoms with van der Waals surface area (Å²) in [5, 5.41) is 14.2. The van der Waals surface area contributed by atoms with Crippen molar-refractivity contribution in [3.63, 3.8) is 0 Å². The van der Waals surface area contributed by atoms with Crippen molar-refractivity contribution >= 4 is 11.7 Å². The smallest absolute Gasteiger partial charge is 0.222 e. The van der Waals surface area contributed by atoms with Gasteiger partial charge in [0.2, 0.25) is 5.91 Å². The lowest BCUT2D eigenvalue weighted by Crippen LogP contribution is -2.48. The second-order valence-electron chi connectivity index (χ2n) is 3.76. The molecule has 6 nitrogen and oxygen atoms in total. The number of rotatable bonds is 7. The summed E-state index contributed by atoms with van der Waals surface area (Å²) in [6.45, 7) is 6.59. The van der Waals surface area contributed by atoms with E-state index in [1.807, 2.05) is 20.8 Å². The Morgan fingerprint density at radius 2 is 2.19 bits per heavy atom. The highest BCUT2D eigenvalue weighted by Gasteiger charge is 2.20. The number of hydrogen-bond acceptors (Lipinski definition) is 4. The van der Waals surface area contributed by atoms with Crippen molar-refractivity contribution < 1.29 is 14.7 Å². The van der Waals surface area contributed by atoms with Gasteiger partial charge in [-0.15, -0.1) is 0 Å². The normalized spacial score (nSPS) is 13.9. The SMILES string of the molecule is CCOCCC(=O)NC(C(N)=NO)C(C)C. The molecule has 1 amide bonds. The van der Waals surface area contributed by atoms with Crippen molar-refractivity contribution in [3.05, 3.63) is 0 Å². The van der Waals surface area contributed by atoms with Gasteiger partial charge in [0.15, 0.2) is 5.84 Å². The van der Waals surface area contributed by atoms with Crippen molar-refractivity contribution in [1.82, 2.24) is 5.32 Å². The first-order valence-electron chi connectivity index (χ1n) is 5.37. The van der Waals surface area contributed by atoms with Gasteiger partial charge >= 0.3 is 0 Å². The van der Waals surface area contributed by atoms with Gasteiger partial charge in [-0.2, -0.15) is 0 Å². The van der Waals surface area contributed by atoms with Crippen LogP contribution in [0, 0.1) is 5.92 Å².